The zero-order valence-electron chi connectivity index (χ0n) is 15.7. The maximum atomic E-state index is 13.1. The fraction of sp³-hybridized carbons (Fsp3) is 0.348. The maximum absolute atomic E-state index is 13.1. The van der Waals surface area contributed by atoms with Crippen molar-refractivity contribution in [2.45, 2.75) is 24.9 Å². The molecule has 2 heterocycles. The second-order valence-electron chi connectivity index (χ2n) is 7.28. The Morgan fingerprint density at radius 1 is 1.04 bits per heavy atom. The first-order valence-electron chi connectivity index (χ1n) is 9.54. The van der Waals surface area contributed by atoms with E-state index in [1.54, 1.807) is 13.4 Å². The summed E-state index contributed by atoms with van der Waals surface area (Å²) in [6.45, 7) is 2.80. The smallest absolute Gasteiger partial charge is 0.210 e. The number of piperidine rings is 1. The van der Waals surface area contributed by atoms with Crippen LogP contribution in [0.25, 0.3) is 5.57 Å². The molecule has 0 atom stereocenters. The summed E-state index contributed by atoms with van der Waals surface area (Å²) in [5.74, 6) is 0.905. The van der Waals surface area contributed by atoms with E-state index in [4.69, 9.17) is 9.47 Å². The molecular weight excluding hydrogens is 338 g/mol. The highest BCUT2D eigenvalue weighted by molar-refractivity contribution is 6.26. The minimum atomic E-state index is -0.668. The van der Waals surface area contributed by atoms with Crippen molar-refractivity contribution in [1.82, 2.24) is 4.90 Å². The molecular formula is C23H25NO3. The summed E-state index contributed by atoms with van der Waals surface area (Å²) in [6, 6.07) is 18.1. The van der Waals surface area contributed by atoms with Gasteiger partial charge in [-0.1, -0.05) is 42.5 Å². The van der Waals surface area contributed by atoms with Crippen molar-refractivity contribution in [3.8, 4) is 5.75 Å². The van der Waals surface area contributed by atoms with E-state index in [1.165, 1.54) is 5.56 Å². The molecule has 4 heteroatoms. The second kappa shape index (κ2) is 7.57. The zero-order valence-corrected chi connectivity index (χ0v) is 15.7. The number of methoxy groups -OCH3 is 1. The first-order chi connectivity index (χ1) is 13.2. The fourth-order valence-corrected chi connectivity index (χ4v) is 3.91. The highest BCUT2D eigenvalue weighted by Gasteiger charge is 2.47. The molecule has 1 fully saturated rings. The molecule has 2 aliphatic rings. The van der Waals surface area contributed by atoms with E-state index in [-0.39, 0.29) is 5.78 Å². The van der Waals surface area contributed by atoms with Gasteiger partial charge in [0.2, 0.25) is 5.78 Å². The molecule has 27 heavy (non-hydrogen) atoms. The largest absolute Gasteiger partial charge is 0.497 e. The van der Waals surface area contributed by atoms with Gasteiger partial charge in [-0.15, -0.1) is 0 Å². The molecule has 0 aromatic heterocycles. The van der Waals surface area contributed by atoms with Gasteiger partial charge in [-0.05, 0) is 29.7 Å². The molecule has 0 bridgehead atoms. The lowest BCUT2D eigenvalue weighted by Crippen LogP contribution is -2.49. The van der Waals surface area contributed by atoms with Crippen LogP contribution in [0.3, 0.4) is 0 Å². The van der Waals surface area contributed by atoms with Crippen molar-refractivity contribution in [3.05, 3.63) is 72.0 Å². The number of hydrogen-bond acceptors (Lipinski definition) is 4. The number of carbonyl (C=O) groups excluding carboxylic acids is 1. The SMILES string of the molecule is COc1ccc(C2=COC3(CCN(CCc4ccccc4)CC3)C2=O)cc1. The van der Waals surface area contributed by atoms with Crippen LogP contribution in [-0.4, -0.2) is 43.0 Å². The van der Waals surface area contributed by atoms with Crippen molar-refractivity contribution >= 4 is 11.4 Å². The van der Waals surface area contributed by atoms with Crippen LogP contribution in [0.2, 0.25) is 0 Å². The van der Waals surface area contributed by atoms with Gasteiger partial charge < -0.3 is 14.4 Å². The molecule has 140 valence electrons. The third-order valence-corrected chi connectivity index (χ3v) is 5.69. The van der Waals surface area contributed by atoms with E-state index >= 15 is 0 Å². The van der Waals surface area contributed by atoms with Crippen LogP contribution in [0, 0.1) is 0 Å². The van der Waals surface area contributed by atoms with Gasteiger partial charge in [0.05, 0.1) is 18.9 Å². The van der Waals surface area contributed by atoms with Crippen molar-refractivity contribution in [3.63, 3.8) is 0 Å². The average molecular weight is 363 g/mol. The minimum absolute atomic E-state index is 0.121. The van der Waals surface area contributed by atoms with Gasteiger partial charge in [0.1, 0.15) is 5.75 Å². The van der Waals surface area contributed by atoms with Gasteiger partial charge in [-0.2, -0.15) is 0 Å². The average Bonchev–Trinajstić information content (AvgIpc) is 3.04. The number of Topliss-reactive ketones (excluding diaryl/α,β-unsaturated/α-hetero) is 1. The van der Waals surface area contributed by atoms with Crippen molar-refractivity contribution in [2.24, 2.45) is 0 Å². The van der Waals surface area contributed by atoms with E-state index < -0.39 is 5.60 Å². The highest BCUT2D eigenvalue weighted by Crippen LogP contribution is 2.38. The molecule has 0 N–H and O–H groups in total. The van der Waals surface area contributed by atoms with Gasteiger partial charge in [-0.3, -0.25) is 4.79 Å². The number of ketones is 1. The van der Waals surface area contributed by atoms with Crippen molar-refractivity contribution < 1.29 is 14.3 Å². The van der Waals surface area contributed by atoms with Crippen LogP contribution >= 0.6 is 0 Å². The van der Waals surface area contributed by atoms with E-state index in [9.17, 15) is 4.79 Å². The van der Waals surface area contributed by atoms with Crippen molar-refractivity contribution in [1.29, 1.82) is 0 Å². The van der Waals surface area contributed by atoms with Crippen LogP contribution in [0.1, 0.15) is 24.0 Å². The first-order valence-corrected chi connectivity index (χ1v) is 9.54. The summed E-state index contributed by atoms with van der Waals surface area (Å²) in [6.07, 6.45) is 4.19. The van der Waals surface area contributed by atoms with Crippen LogP contribution in [0.15, 0.2) is 60.9 Å². The topological polar surface area (TPSA) is 38.8 Å². The lowest BCUT2D eigenvalue weighted by Gasteiger charge is -2.37. The third-order valence-electron chi connectivity index (χ3n) is 5.69. The molecule has 4 rings (SSSR count). The lowest BCUT2D eigenvalue weighted by atomic mass is 9.84. The molecule has 1 saturated heterocycles. The number of hydrogen-bond donors (Lipinski definition) is 0. The maximum Gasteiger partial charge on any atom is 0.210 e. The molecule has 0 saturated carbocycles. The predicted molar refractivity (Wildman–Crippen MR) is 106 cm³/mol. The molecule has 2 aliphatic heterocycles. The Hall–Kier alpha value is -2.59. The third kappa shape index (κ3) is 3.62. The predicted octanol–water partition coefficient (Wildman–Crippen LogP) is 3.71. The molecule has 0 amide bonds. The van der Waals surface area contributed by atoms with Gasteiger partial charge >= 0.3 is 0 Å². The minimum Gasteiger partial charge on any atom is -0.497 e. The molecule has 2 aromatic rings. The van der Waals surface area contributed by atoms with Crippen molar-refractivity contribution in [2.75, 3.05) is 26.7 Å². The standard InChI is InChI=1S/C23H25NO3/c1-26-20-9-7-19(8-10-20)21-17-27-23(22(21)25)12-15-24(16-13-23)14-11-18-5-3-2-4-6-18/h2-10,17H,11-16H2,1H3. The van der Waals surface area contributed by atoms with E-state index in [1.807, 2.05) is 30.3 Å². The molecule has 4 nitrogen and oxygen atoms in total. The normalized spacial score (nSPS) is 19.0. The summed E-state index contributed by atoms with van der Waals surface area (Å²) >= 11 is 0. The number of rotatable bonds is 5. The Morgan fingerprint density at radius 2 is 1.74 bits per heavy atom. The number of nitrogens with zero attached hydrogens (tertiary/aromatic N) is 1. The van der Waals surface area contributed by atoms with E-state index in [2.05, 4.69) is 29.2 Å². The zero-order chi connectivity index (χ0) is 18.7. The Morgan fingerprint density at radius 3 is 2.41 bits per heavy atom. The number of carbonyl (C=O) groups is 1. The highest BCUT2D eigenvalue weighted by atomic mass is 16.5. The molecule has 0 aliphatic carbocycles. The van der Waals surface area contributed by atoms with Crippen LogP contribution in [0.5, 0.6) is 5.75 Å². The summed E-state index contributed by atoms with van der Waals surface area (Å²) in [7, 11) is 1.64. The van der Waals surface area contributed by atoms with E-state index in [0.29, 0.717) is 5.57 Å². The molecule has 0 unspecified atom stereocenters. The monoisotopic (exact) mass is 363 g/mol. The molecule has 0 radical (unpaired) electrons. The molecule has 1 spiro atoms. The number of likely N-dealkylation sites (tertiary alicyclic amines) is 1. The van der Waals surface area contributed by atoms with Crippen LogP contribution in [-0.2, 0) is 16.0 Å². The molecule has 2 aromatic carbocycles. The van der Waals surface area contributed by atoms with Gasteiger partial charge in [0, 0.05) is 32.5 Å². The van der Waals surface area contributed by atoms with E-state index in [0.717, 1.165) is 50.2 Å². The Bertz CT molecular complexity index is 818. The number of ether oxygens (including phenoxy) is 2. The Labute approximate surface area is 160 Å². The van der Waals surface area contributed by atoms with Gasteiger partial charge in [0.15, 0.2) is 5.60 Å². The van der Waals surface area contributed by atoms with Crippen LogP contribution < -0.4 is 4.74 Å². The first kappa shape index (κ1) is 17.8. The summed E-state index contributed by atoms with van der Waals surface area (Å²) in [5, 5.41) is 0. The number of benzene rings is 2. The Balaban J connectivity index is 1.35. The quantitative estimate of drug-likeness (QED) is 0.812. The lowest BCUT2D eigenvalue weighted by molar-refractivity contribution is -0.133. The van der Waals surface area contributed by atoms with Gasteiger partial charge in [-0.25, -0.2) is 0 Å². The van der Waals surface area contributed by atoms with Gasteiger partial charge in [0.25, 0.3) is 0 Å². The Kier molecular flexibility index (Phi) is 4.99. The summed E-state index contributed by atoms with van der Waals surface area (Å²) in [4.78, 5) is 15.5. The van der Waals surface area contributed by atoms with Crippen LogP contribution in [0.4, 0.5) is 0 Å². The fourth-order valence-electron chi connectivity index (χ4n) is 3.91. The summed E-state index contributed by atoms with van der Waals surface area (Å²) < 4.78 is 11.2. The second-order valence-corrected chi connectivity index (χ2v) is 7.28. The summed E-state index contributed by atoms with van der Waals surface area (Å²) in [5.41, 5.74) is 2.26.